The molecule has 6 bridgehead atoms. The molecule has 16 nitrogen and oxygen atoms in total. The van der Waals surface area contributed by atoms with Crippen LogP contribution in [0.4, 0.5) is 11.6 Å². The summed E-state index contributed by atoms with van der Waals surface area (Å²) >= 11 is -5.29. The summed E-state index contributed by atoms with van der Waals surface area (Å²) in [5.41, 5.74) is 3.72. The molecule has 0 atom stereocenters. The molecule has 0 spiro atoms. The number of hydrogen-bond acceptors (Lipinski definition) is 14. The third-order valence-electron chi connectivity index (χ3n) is 17.0. The Morgan fingerprint density at radius 3 is 0.736 bits per heavy atom. The second-order valence-corrected chi connectivity index (χ2v) is 34.8. The molecule has 0 aliphatic carbocycles. The summed E-state index contributed by atoms with van der Waals surface area (Å²) in [4.78, 5) is 33.7. The maximum absolute atomic E-state index is 8.68. The number of nitrogens with zero attached hydrogens (tertiary/aromatic N) is 8. The van der Waals surface area contributed by atoms with E-state index in [2.05, 4.69) is 55.4 Å². The number of aliphatic imine (C=N–C) groups is 4. The molecule has 10 rings (SSSR count). The van der Waals surface area contributed by atoms with E-state index in [0.29, 0.717) is 189 Å². The number of rotatable bonds is 40. The van der Waals surface area contributed by atoms with Crippen molar-refractivity contribution in [3.05, 3.63) is 81.8 Å². The normalized spacial score (nSPS) is 14.0. The first-order valence-electron chi connectivity index (χ1n) is 34.6. The first kappa shape index (κ1) is 67.6. The Morgan fingerprint density at radius 1 is 0.275 bits per heavy atom. The fourth-order valence-electron chi connectivity index (χ4n) is 11.8. The van der Waals surface area contributed by atoms with Gasteiger partial charge in [-0.15, -0.1) is 0 Å². The average Bonchev–Trinajstić information content (AvgIpc) is 1.54. The van der Waals surface area contributed by atoms with E-state index in [-0.39, 0.29) is 0 Å². The zero-order chi connectivity index (χ0) is 63.7. The molecule has 0 unspecified atom stereocenters. The molecule has 4 aromatic carbocycles. The van der Waals surface area contributed by atoms with Crippen molar-refractivity contribution >= 4 is 88.4 Å². The summed E-state index contributed by atoms with van der Waals surface area (Å²) in [5.74, 6) is 7.23. The minimum atomic E-state index is -5.29. The Kier molecular flexibility index (Phi) is 24.6. The standard InChI is InChI=1S/C72H96Cl2GeN8O8/c1-9-17-25-33-84-57-41-49-50(42-58(57)85-34-26-18-10-2)66-76-65(49)78-69-53-45-61(88-37-29-21-13-5)62(89-38-30-22-14-6)46-54(53)71-80-67-51-43-59(86-35-27-19-11-3)60(87-36-28-20-12-4)44-52(51)68(77-67)81-72-56-48-64(91-40-32-24-16-8)63(90-39-31-23-15-7)47-55(56)70(79-66)83(72)75(73,74)82(69)71/h41-48H,9-40H2,1-8H3. The summed E-state index contributed by atoms with van der Waals surface area (Å²) in [7, 11) is 17.4. The van der Waals surface area contributed by atoms with E-state index in [9.17, 15) is 0 Å². The van der Waals surface area contributed by atoms with Gasteiger partial charge >= 0.3 is 526 Å². The van der Waals surface area contributed by atoms with Gasteiger partial charge in [-0.3, -0.25) is 0 Å². The monoisotopic (exact) mass is 1340 g/mol. The molecule has 4 aliphatic rings. The Morgan fingerprint density at radius 2 is 0.495 bits per heavy atom. The van der Waals surface area contributed by atoms with Crippen LogP contribution in [0, 0.1) is 0 Å². The van der Waals surface area contributed by atoms with Gasteiger partial charge in [0.1, 0.15) is 0 Å². The number of ether oxygens (including phenoxy) is 8. The van der Waals surface area contributed by atoms with Crippen molar-refractivity contribution < 1.29 is 37.9 Å². The Hall–Kier alpha value is -6.24. The van der Waals surface area contributed by atoms with Crippen molar-refractivity contribution in [1.82, 2.24) is 7.05 Å². The summed E-state index contributed by atoms with van der Waals surface area (Å²) in [5, 5.41) is 2.74. The third kappa shape index (κ3) is 15.6. The number of hydrogen-bond donors (Lipinski definition) is 0. The third-order valence-corrected chi connectivity index (χ3v) is 24.5. The van der Waals surface area contributed by atoms with Gasteiger partial charge in [0.05, 0.1) is 0 Å². The first-order chi connectivity index (χ1) is 44.6. The van der Waals surface area contributed by atoms with Crippen LogP contribution in [0.15, 0.2) is 78.5 Å². The maximum atomic E-state index is 8.68. The van der Waals surface area contributed by atoms with Crippen molar-refractivity contribution in [3.8, 4) is 46.0 Å². The molecule has 6 aromatic rings. The molecule has 0 amide bonds. The second kappa shape index (κ2) is 33.0. The molecule has 0 radical (unpaired) electrons. The Labute approximate surface area is 550 Å². The predicted molar refractivity (Wildman–Crippen MR) is 373 cm³/mol. The molecule has 0 saturated heterocycles. The summed E-state index contributed by atoms with van der Waals surface area (Å²) < 4.78 is 57.8. The van der Waals surface area contributed by atoms with E-state index in [1.165, 1.54) is 0 Å². The number of amidine groups is 4. The molecule has 6 heterocycles. The topological polar surface area (TPSA) is 158 Å². The average molecular weight is 1350 g/mol. The Bertz CT molecular complexity index is 3530. The molecule has 2 aromatic heterocycles. The van der Waals surface area contributed by atoms with Gasteiger partial charge in [-0.2, -0.15) is 0 Å². The van der Waals surface area contributed by atoms with Crippen LogP contribution in [0.1, 0.15) is 232 Å². The van der Waals surface area contributed by atoms with E-state index in [0.717, 1.165) is 154 Å². The van der Waals surface area contributed by atoms with Gasteiger partial charge in [0.2, 0.25) is 0 Å². The Balaban J connectivity index is 1.35. The zero-order valence-corrected chi connectivity index (χ0v) is 59.0. The first-order valence-corrected chi connectivity index (χ1v) is 42.0. The van der Waals surface area contributed by atoms with Crippen LogP contribution in [-0.4, -0.2) is 95.1 Å². The van der Waals surface area contributed by atoms with E-state index in [1.807, 2.05) is 55.6 Å². The molecule has 4 aliphatic heterocycles. The molecule has 19 heteroatoms. The van der Waals surface area contributed by atoms with E-state index >= 15 is 0 Å². The van der Waals surface area contributed by atoms with Crippen molar-refractivity contribution in [2.45, 2.75) is 209 Å². The van der Waals surface area contributed by atoms with Gasteiger partial charge in [-0.1, -0.05) is 27.7 Å². The molecule has 0 N–H and O–H groups in total. The van der Waals surface area contributed by atoms with Crippen LogP contribution in [0.5, 0.6) is 46.0 Å². The molecule has 490 valence electrons. The van der Waals surface area contributed by atoms with Crippen LogP contribution < -0.4 is 48.9 Å². The number of halogens is 2. The summed E-state index contributed by atoms with van der Waals surface area (Å²) in [6, 6.07) is 16.2. The second-order valence-electron chi connectivity index (χ2n) is 24.3. The summed E-state index contributed by atoms with van der Waals surface area (Å²) in [6.07, 6.45) is 23.7. The van der Waals surface area contributed by atoms with E-state index in [1.54, 1.807) is 0 Å². The van der Waals surface area contributed by atoms with E-state index in [4.69, 9.17) is 87.9 Å². The van der Waals surface area contributed by atoms with Gasteiger partial charge in [0, 0.05) is 0 Å². The SMILES string of the molecule is CCCCCOc1cc2c(cc1OCCCCC)C1=Nc3c4cc(OCCCCC)c(OCCCCC)cc4c4[n]3[Ge]([Cl])([Cl])[n]3c(c5cc(OCCCCC)c(OCCCCC)cc5c3=NC3=NC(=N4)c4cc(OCCCCC)c(OCCCCC)cc43)=NC2=N1. The van der Waals surface area contributed by atoms with Crippen molar-refractivity contribution in [1.29, 1.82) is 0 Å². The quantitative estimate of drug-likeness (QED) is 0.0272. The fourth-order valence-corrected chi connectivity index (χ4v) is 19.1. The molecule has 91 heavy (non-hydrogen) atoms. The molecule has 0 saturated carbocycles. The van der Waals surface area contributed by atoms with Gasteiger partial charge < -0.3 is 0 Å². The van der Waals surface area contributed by atoms with E-state index < -0.39 is 11.9 Å². The van der Waals surface area contributed by atoms with Gasteiger partial charge in [-0.05, 0) is 0 Å². The van der Waals surface area contributed by atoms with Crippen LogP contribution in [0.2, 0.25) is 0 Å². The zero-order valence-electron chi connectivity index (χ0n) is 55.3. The van der Waals surface area contributed by atoms with Crippen LogP contribution >= 0.6 is 20.0 Å². The molecule has 0 fully saturated rings. The number of unbranched alkanes of at least 4 members (excludes halogenated alkanes) is 16. The fraction of sp³-hybridized carbons (Fsp3) is 0.556. The van der Waals surface area contributed by atoms with Crippen LogP contribution in [0.3, 0.4) is 0 Å². The molecular formula is C72H96Cl2GeN8O8. The van der Waals surface area contributed by atoms with Crippen molar-refractivity contribution in [2.75, 3.05) is 52.9 Å². The number of aromatic nitrogens is 2. The molecular weight excluding hydrogens is 1250 g/mol. The number of benzene rings is 4. The predicted octanol–water partition coefficient (Wildman–Crippen LogP) is 18.4. The minimum absolute atomic E-state index is 0.397. The van der Waals surface area contributed by atoms with Crippen molar-refractivity contribution in [2.24, 2.45) is 30.0 Å². The van der Waals surface area contributed by atoms with Gasteiger partial charge in [0.25, 0.3) is 0 Å². The number of fused-ring (bicyclic) bond motifs is 14. The van der Waals surface area contributed by atoms with Gasteiger partial charge in [-0.25, -0.2) is 0 Å². The van der Waals surface area contributed by atoms with Gasteiger partial charge in [0.15, 0.2) is 0 Å². The van der Waals surface area contributed by atoms with Crippen molar-refractivity contribution in [3.63, 3.8) is 0 Å². The van der Waals surface area contributed by atoms with Crippen LogP contribution in [-0.2, 0) is 0 Å². The van der Waals surface area contributed by atoms with Crippen LogP contribution in [0.25, 0.3) is 21.5 Å². The summed E-state index contributed by atoms with van der Waals surface area (Å²) in [6.45, 7) is 21.6.